The van der Waals surface area contributed by atoms with Gasteiger partial charge >= 0.3 is 0 Å². The maximum Gasteiger partial charge on any atom is 0.0954 e. The van der Waals surface area contributed by atoms with Crippen LogP contribution < -0.4 is 0 Å². The minimum atomic E-state index is 0.396. The molecule has 0 N–H and O–H groups in total. The molecule has 1 fully saturated rings. The molecule has 0 aliphatic carbocycles. The van der Waals surface area contributed by atoms with Gasteiger partial charge in [0.05, 0.1) is 44.2 Å². The SMILES string of the molecule is CC[C@H](CN1CCOCC1)n1cncc1-c1cnn(Cc2ccccc2)c1C. The molecule has 1 aliphatic heterocycles. The summed E-state index contributed by atoms with van der Waals surface area (Å²) in [4.78, 5) is 6.97. The molecule has 148 valence electrons. The van der Waals surface area contributed by atoms with Crippen LogP contribution in [0.25, 0.3) is 11.3 Å². The first-order chi connectivity index (χ1) is 13.8. The summed E-state index contributed by atoms with van der Waals surface area (Å²) in [7, 11) is 0. The molecule has 6 nitrogen and oxygen atoms in total. The Hall–Kier alpha value is -2.44. The van der Waals surface area contributed by atoms with E-state index in [1.807, 2.05) is 24.8 Å². The van der Waals surface area contributed by atoms with E-state index in [2.05, 4.69) is 62.3 Å². The van der Waals surface area contributed by atoms with Gasteiger partial charge in [-0.25, -0.2) is 4.98 Å². The summed E-state index contributed by atoms with van der Waals surface area (Å²) in [5, 5.41) is 4.66. The molecule has 1 atom stereocenters. The Balaban J connectivity index is 1.56. The molecule has 2 aromatic heterocycles. The van der Waals surface area contributed by atoms with E-state index in [4.69, 9.17) is 4.74 Å². The fourth-order valence-electron chi connectivity index (χ4n) is 3.91. The fourth-order valence-corrected chi connectivity index (χ4v) is 3.91. The molecule has 28 heavy (non-hydrogen) atoms. The van der Waals surface area contributed by atoms with Gasteiger partial charge in [-0.05, 0) is 18.9 Å². The zero-order valence-electron chi connectivity index (χ0n) is 16.8. The van der Waals surface area contributed by atoms with Crippen molar-refractivity contribution in [2.24, 2.45) is 0 Å². The molecule has 4 rings (SSSR count). The molecule has 0 unspecified atom stereocenters. The Morgan fingerprint density at radius 1 is 1.11 bits per heavy atom. The molecule has 0 radical (unpaired) electrons. The van der Waals surface area contributed by atoms with E-state index in [0.29, 0.717) is 6.04 Å². The molecule has 0 amide bonds. The maximum absolute atomic E-state index is 5.49. The summed E-state index contributed by atoms with van der Waals surface area (Å²) in [6, 6.07) is 10.9. The van der Waals surface area contributed by atoms with Gasteiger partial charge in [0.2, 0.25) is 0 Å². The third kappa shape index (κ3) is 4.03. The maximum atomic E-state index is 5.49. The highest BCUT2D eigenvalue weighted by atomic mass is 16.5. The van der Waals surface area contributed by atoms with Gasteiger partial charge in [-0.2, -0.15) is 5.10 Å². The van der Waals surface area contributed by atoms with Crippen LogP contribution in [0.5, 0.6) is 0 Å². The Morgan fingerprint density at radius 3 is 2.64 bits per heavy atom. The summed E-state index contributed by atoms with van der Waals surface area (Å²) in [5.74, 6) is 0. The normalized spacial score (nSPS) is 16.4. The number of aromatic nitrogens is 4. The van der Waals surface area contributed by atoms with Gasteiger partial charge in [-0.15, -0.1) is 0 Å². The first kappa shape index (κ1) is 18.9. The van der Waals surface area contributed by atoms with Crippen LogP contribution in [0.2, 0.25) is 0 Å². The van der Waals surface area contributed by atoms with Crippen molar-refractivity contribution in [2.45, 2.75) is 32.9 Å². The number of hydrogen-bond acceptors (Lipinski definition) is 4. The van der Waals surface area contributed by atoms with Crippen molar-refractivity contribution in [2.75, 3.05) is 32.8 Å². The number of hydrogen-bond donors (Lipinski definition) is 0. The third-order valence-corrected chi connectivity index (χ3v) is 5.66. The second-order valence-corrected chi connectivity index (χ2v) is 7.45. The molecular weight excluding hydrogens is 350 g/mol. The smallest absolute Gasteiger partial charge is 0.0954 e. The van der Waals surface area contributed by atoms with E-state index in [1.165, 1.54) is 11.3 Å². The highest BCUT2D eigenvalue weighted by Gasteiger charge is 2.21. The minimum Gasteiger partial charge on any atom is -0.379 e. The lowest BCUT2D eigenvalue weighted by atomic mass is 10.1. The number of rotatable bonds is 7. The van der Waals surface area contributed by atoms with Crippen molar-refractivity contribution in [1.82, 2.24) is 24.2 Å². The summed E-state index contributed by atoms with van der Waals surface area (Å²) in [6.45, 7) is 9.89. The number of imidazole rings is 1. The Kier molecular flexibility index (Phi) is 5.88. The van der Waals surface area contributed by atoms with Gasteiger partial charge in [-0.1, -0.05) is 37.3 Å². The highest BCUT2D eigenvalue weighted by molar-refractivity contribution is 5.61. The number of ether oxygens (including phenoxy) is 1. The van der Waals surface area contributed by atoms with E-state index in [9.17, 15) is 0 Å². The third-order valence-electron chi connectivity index (χ3n) is 5.66. The van der Waals surface area contributed by atoms with Crippen LogP contribution in [-0.4, -0.2) is 57.1 Å². The Bertz CT molecular complexity index is 879. The van der Waals surface area contributed by atoms with Crippen LogP contribution in [0, 0.1) is 6.92 Å². The first-order valence-electron chi connectivity index (χ1n) is 10.1. The summed E-state index contributed by atoms with van der Waals surface area (Å²) in [5.41, 5.74) is 4.74. The van der Waals surface area contributed by atoms with Crippen molar-refractivity contribution < 1.29 is 4.74 Å². The quantitative estimate of drug-likeness (QED) is 0.631. The van der Waals surface area contributed by atoms with Gasteiger partial charge < -0.3 is 9.30 Å². The molecule has 6 heteroatoms. The minimum absolute atomic E-state index is 0.396. The number of morpholine rings is 1. The first-order valence-corrected chi connectivity index (χ1v) is 10.1. The summed E-state index contributed by atoms with van der Waals surface area (Å²) >= 11 is 0. The monoisotopic (exact) mass is 379 g/mol. The Morgan fingerprint density at radius 2 is 1.89 bits per heavy atom. The molecule has 3 heterocycles. The van der Waals surface area contributed by atoms with E-state index < -0.39 is 0 Å². The molecule has 1 aromatic carbocycles. The second-order valence-electron chi connectivity index (χ2n) is 7.45. The zero-order valence-corrected chi connectivity index (χ0v) is 16.8. The van der Waals surface area contributed by atoms with E-state index in [1.54, 1.807) is 0 Å². The van der Waals surface area contributed by atoms with Crippen molar-refractivity contribution in [3.05, 3.63) is 60.3 Å². The van der Waals surface area contributed by atoms with Crippen LogP contribution in [-0.2, 0) is 11.3 Å². The Labute approximate surface area is 166 Å². The van der Waals surface area contributed by atoms with Gasteiger partial charge in [0.1, 0.15) is 0 Å². The highest BCUT2D eigenvalue weighted by Crippen LogP contribution is 2.27. The summed E-state index contributed by atoms with van der Waals surface area (Å²) < 4.78 is 9.89. The fraction of sp³-hybridized carbons (Fsp3) is 0.455. The van der Waals surface area contributed by atoms with Crippen LogP contribution in [0.15, 0.2) is 49.1 Å². The molecule has 0 spiro atoms. The van der Waals surface area contributed by atoms with Crippen LogP contribution in [0.3, 0.4) is 0 Å². The van der Waals surface area contributed by atoms with Gasteiger partial charge in [0.25, 0.3) is 0 Å². The van der Waals surface area contributed by atoms with Crippen molar-refractivity contribution >= 4 is 0 Å². The second kappa shape index (κ2) is 8.71. The predicted octanol–water partition coefficient (Wildman–Crippen LogP) is 3.39. The zero-order chi connectivity index (χ0) is 19.3. The van der Waals surface area contributed by atoms with Crippen molar-refractivity contribution in [1.29, 1.82) is 0 Å². The molecule has 0 bridgehead atoms. The molecule has 1 saturated heterocycles. The lowest BCUT2D eigenvalue weighted by Gasteiger charge is -2.31. The van der Waals surface area contributed by atoms with Gasteiger partial charge in [0.15, 0.2) is 0 Å². The largest absolute Gasteiger partial charge is 0.379 e. The van der Waals surface area contributed by atoms with E-state index in [0.717, 1.165) is 57.1 Å². The van der Waals surface area contributed by atoms with Crippen LogP contribution in [0.4, 0.5) is 0 Å². The van der Waals surface area contributed by atoms with Crippen molar-refractivity contribution in [3.8, 4) is 11.3 Å². The van der Waals surface area contributed by atoms with Crippen LogP contribution >= 0.6 is 0 Å². The predicted molar refractivity (Wildman–Crippen MR) is 110 cm³/mol. The lowest BCUT2D eigenvalue weighted by molar-refractivity contribution is 0.0313. The standard InChI is InChI=1S/C22H29N5O/c1-3-20(16-25-9-11-28-12-10-25)26-17-23-14-22(26)21-13-24-27(18(21)2)15-19-7-5-4-6-8-19/h4-8,13-14,17,20H,3,9-12,15-16H2,1-2H3/t20-/m1/s1. The lowest BCUT2D eigenvalue weighted by Crippen LogP contribution is -2.39. The topological polar surface area (TPSA) is 48.1 Å². The van der Waals surface area contributed by atoms with Crippen LogP contribution in [0.1, 0.15) is 30.6 Å². The average Bonchev–Trinajstić information content (AvgIpc) is 3.35. The average molecular weight is 380 g/mol. The molecule has 3 aromatic rings. The number of nitrogens with zero attached hydrogens (tertiary/aromatic N) is 5. The van der Waals surface area contributed by atoms with Gasteiger partial charge in [0, 0.05) is 36.9 Å². The van der Waals surface area contributed by atoms with E-state index in [-0.39, 0.29) is 0 Å². The van der Waals surface area contributed by atoms with E-state index >= 15 is 0 Å². The molecule has 0 saturated carbocycles. The van der Waals surface area contributed by atoms with Gasteiger partial charge in [-0.3, -0.25) is 9.58 Å². The molecule has 1 aliphatic rings. The van der Waals surface area contributed by atoms with Crippen molar-refractivity contribution in [3.63, 3.8) is 0 Å². The summed E-state index contributed by atoms with van der Waals surface area (Å²) in [6.07, 6.45) is 6.99. The molecular formula is C22H29N5O. The number of benzene rings is 1.